The molecule has 2 N–H and O–H groups in total. The van der Waals surface area contributed by atoms with E-state index in [1.54, 1.807) is 12.4 Å². The van der Waals surface area contributed by atoms with E-state index in [0.29, 0.717) is 5.84 Å². The minimum atomic E-state index is 0.122. The van der Waals surface area contributed by atoms with Crippen molar-refractivity contribution in [2.24, 2.45) is 9.98 Å². The number of ether oxygens (including phenoxy) is 2. The third-order valence-electron chi connectivity index (χ3n) is 6.53. The first-order valence-electron chi connectivity index (χ1n) is 11.9. The van der Waals surface area contributed by atoms with Gasteiger partial charge in [-0.15, -0.1) is 0 Å². The number of hydrogen-bond donors (Lipinski definition) is 2. The van der Waals surface area contributed by atoms with E-state index >= 15 is 0 Å². The lowest BCUT2D eigenvalue weighted by atomic mass is 9.93. The van der Waals surface area contributed by atoms with Gasteiger partial charge in [-0.1, -0.05) is 0 Å². The van der Waals surface area contributed by atoms with Gasteiger partial charge in [-0.3, -0.25) is 9.98 Å². The number of aliphatic imine (C=N–C) groups is 2. The SMILES string of the molecule is C=NC(=NC1CCC(Oc2cc(N3CCOCC3)cc3nccnc23)CC1)c1cc[nH]c1NC. The maximum Gasteiger partial charge on any atom is 0.157 e. The summed E-state index contributed by atoms with van der Waals surface area (Å²) in [6.45, 7) is 6.93. The molecule has 1 aliphatic carbocycles. The molecule has 0 amide bonds. The van der Waals surface area contributed by atoms with Crippen molar-refractivity contribution in [2.75, 3.05) is 43.6 Å². The Kier molecular flexibility index (Phi) is 6.71. The fraction of sp³-hybridized carbons (Fsp3) is 0.440. The Morgan fingerprint density at radius 1 is 1.18 bits per heavy atom. The van der Waals surface area contributed by atoms with Gasteiger partial charge in [0, 0.05) is 50.5 Å². The number of hydrogen-bond acceptors (Lipinski definition) is 7. The van der Waals surface area contributed by atoms with E-state index in [2.05, 4.69) is 49.0 Å². The summed E-state index contributed by atoms with van der Waals surface area (Å²) in [5, 5.41) is 3.14. The standard InChI is InChI=1S/C25H31N7O2/c1-26-24-20(7-8-30-24)25(27-2)31-17-3-5-19(6-4-17)34-22-16-18(32-11-13-33-14-12-32)15-21-23(22)29-10-9-28-21/h7-10,15-17,19,26,30H,2-6,11-14H2,1H3. The van der Waals surface area contributed by atoms with Crippen molar-refractivity contribution >= 4 is 35.1 Å². The number of nitrogens with one attached hydrogen (secondary N) is 2. The van der Waals surface area contributed by atoms with Crippen LogP contribution in [0.15, 0.2) is 46.8 Å². The van der Waals surface area contributed by atoms with Gasteiger partial charge in [0.15, 0.2) is 5.84 Å². The molecule has 2 aliphatic rings. The van der Waals surface area contributed by atoms with Crippen LogP contribution in [0.25, 0.3) is 11.0 Å². The van der Waals surface area contributed by atoms with Gasteiger partial charge >= 0.3 is 0 Å². The van der Waals surface area contributed by atoms with Crippen LogP contribution in [0.2, 0.25) is 0 Å². The number of rotatable bonds is 6. The highest BCUT2D eigenvalue weighted by Crippen LogP contribution is 2.33. The predicted octanol–water partition coefficient (Wildman–Crippen LogP) is 3.67. The molecule has 178 valence electrons. The van der Waals surface area contributed by atoms with Gasteiger partial charge in [-0.05, 0) is 44.5 Å². The Balaban J connectivity index is 1.30. The zero-order chi connectivity index (χ0) is 23.3. The molecule has 0 unspecified atom stereocenters. The minimum Gasteiger partial charge on any atom is -0.488 e. The fourth-order valence-corrected chi connectivity index (χ4v) is 4.73. The maximum atomic E-state index is 6.53. The number of anilines is 2. The topological polar surface area (TPSA) is 100 Å². The van der Waals surface area contributed by atoms with E-state index in [-0.39, 0.29) is 12.1 Å². The maximum absolute atomic E-state index is 6.53. The summed E-state index contributed by atoms with van der Waals surface area (Å²) in [5.74, 6) is 2.38. The van der Waals surface area contributed by atoms with Crippen LogP contribution in [0.1, 0.15) is 31.2 Å². The van der Waals surface area contributed by atoms with Crippen molar-refractivity contribution in [1.82, 2.24) is 15.0 Å². The van der Waals surface area contributed by atoms with Crippen molar-refractivity contribution in [2.45, 2.75) is 37.8 Å². The molecule has 3 heterocycles. The van der Waals surface area contributed by atoms with E-state index in [1.807, 2.05) is 19.3 Å². The molecular weight excluding hydrogens is 430 g/mol. The molecule has 3 aromatic rings. The summed E-state index contributed by atoms with van der Waals surface area (Å²) in [7, 11) is 1.88. The number of H-pyrrole nitrogens is 1. The van der Waals surface area contributed by atoms with Crippen LogP contribution in [0.4, 0.5) is 11.5 Å². The summed E-state index contributed by atoms with van der Waals surface area (Å²) in [6.07, 6.45) is 9.18. The molecule has 1 saturated heterocycles. The molecule has 9 nitrogen and oxygen atoms in total. The molecular formula is C25H31N7O2. The van der Waals surface area contributed by atoms with Gasteiger partial charge in [0.2, 0.25) is 0 Å². The zero-order valence-corrected chi connectivity index (χ0v) is 19.5. The molecule has 0 atom stereocenters. The first kappa shape index (κ1) is 22.3. The molecule has 5 rings (SSSR count). The van der Waals surface area contributed by atoms with Crippen LogP contribution in [0, 0.1) is 0 Å². The van der Waals surface area contributed by atoms with Crippen LogP contribution >= 0.6 is 0 Å². The first-order chi connectivity index (χ1) is 16.7. The Morgan fingerprint density at radius 3 is 2.74 bits per heavy atom. The number of aromatic amines is 1. The second-order valence-electron chi connectivity index (χ2n) is 8.64. The largest absolute Gasteiger partial charge is 0.488 e. The molecule has 1 aliphatic heterocycles. The van der Waals surface area contributed by atoms with E-state index < -0.39 is 0 Å². The summed E-state index contributed by atoms with van der Waals surface area (Å²) in [6, 6.07) is 6.38. The predicted molar refractivity (Wildman–Crippen MR) is 136 cm³/mol. The average Bonchev–Trinajstić information content (AvgIpc) is 3.37. The minimum absolute atomic E-state index is 0.122. The quantitative estimate of drug-likeness (QED) is 0.429. The third-order valence-corrected chi connectivity index (χ3v) is 6.53. The van der Waals surface area contributed by atoms with Crippen molar-refractivity contribution in [3.63, 3.8) is 0 Å². The lowest BCUT2D eigenvalue weighted by molar-refractivity contribution is 0.122. The molecule has 0 bridgehead atoms. The van der Waals surface area contributed by atoms with Crippen LogP contribution in [-0.4, -0.2) is 73.0 Å². The molecule has 9 heteroatoms. The number of amidine groups is 1. The van der Waals surface area contributed by atoms with Gasteiger partial charge in [-0.2, -0.15) is 0 Å². The Morgan fingerprint density at radius 2 is 1.97 bits per heavy atom. The number of morpholine rings is 1. The van der Waals surface area contributed by atoms with Crippen molar-refractivity contribution in [3.8, 4) is 5.75 Å². The molecule has 0 radical (unpaired) electrons. The molecule has 1 saturated carbocycles. The van der Waals surface area contributed by atoms with Crippen molar-refractivity contribution in [3.05, 3.63) is 42.4 Å². The van der Waals surface area contributed by atoms with Crippen molar-refractivity contribution < 1.29 is 9.47 Å². The highest BCUT2D eigenvalue weighted by atomic mass is 16.5. The normalized spacial score (nSPS) is 21.4. The van der Waals surface area contributed by atoms with Crippen LogP contribution in [0.3, 0.4) is 0 Å². The molecule has 2 aromatic heterocycles. The Labute approximate surface area is 199 Å². The molecule has 2 fully saturated rings. The Bertz CT molecular complexity index is 1160. The fourth-order valence-electron chi connectivity index (χ4n) is 4.73. The summed E-state index contributed by atoms with van der Waals surface area (Å²) in [5.41, 5.74) is 3.72. The molecule has 1 aromatic carbocycles. The second-order valence-corrected chi connectivity index (χ2v) is 8.64. The summed E-state index contributed by atoms with van der Waals surface area (Å²) >= 11 is 0. The number of fused-ring (bicyclic) bond motifs is 1. The van der Waals surface area contributed by atoms with Gasteiger partial charge in [0.25, 0.3) is 0 Å². The lowest BCUT2D eigenvalue weighted by Gasteiger charge is -2.30. The smallest absolute Gasteiger partial charge is 0.157 e. The summed E-state index contributed by atoms with van der Waals surface area (Å²) in [4.78, 5) is 23.7. The zero-order valence-electron chi connectivity index (χ0n) is 19.5. The second kappa shape index (κ2) is 10.2. The third kappa shape index (κ3) is 4.75. The first-order valence-corrected chi connectivity index (χ1v) is 11.9. The van der Waals surface area contributed by atoms with Gasteiger partial charge in [0.05, 0.1) is 36.4 Å². The number of nitrogens with zero attached hydrogens (tertiary/aromatic N) is 5. The van der Waals surface area contributed by atoms with E-state index in [4.69, 9.17) is 14.5 Å². The number of aromatic nitrogens is 3. The average molecular weight is 462 g/mol. The van der Waals surface area contributed by atoms with E-state index in [0.717, 1.165) is 85.8 Å². The van der Waals surface area contributed by atoms with Gasteiger partial charge in [-0.25, -0.2) is 9.98 Å². The van der Waals surface area contributed by atoms with Crippen molar-refractivity contribution in [1.29, 1.82) is 0 Å². The monoisotopic (exact) mass is 461 g/mol. The van der Waals surface area contributed by atoms with E-state index in [1.165, 1.54) is 0 Å². The molecule has 0 spiro atoms. The lowest BCUT2D eigenvalue weighted by Crippen LogP contribution is -2.36. The van der Waals surface area contributed by atoms with Gasteiger partial charge < -0.3 is 24.7 Å². The van der Waals surface area contributed by atoms with Gasteiger partial charge in [0.1, 0.15) is 17.1 Å². The Hall–Kier alpha value is -3.46. The van der Waals surface area contributed by atoms with Crippen LogP contribution in [-0.2, 0) is 4.74 Å². The van der Waals surface area contributed by atoms with E-state index in [9.17, 15) is 0 Å². The van der Waals surface area contributed by atoms with Crippen LogP contribution in [0.5, 0.6) is 5.75 Å². The highest BCUT2D eigenvalue weighted by molar-refractivity contribution is 6.05. The number of benzene rings is 1. The van der Waals surface area contributed by atoms with Crippen LogP contribution < -0.4 is 15.0 Å². The molecule has 34 heavy (non-hydrogen) atoms. The summed E-state index contributed by atoms with van der Waals surface area (Å²) < 4.78 is 12.0. The highest BCUT2D eigenvalue weighted by Gasteiger charge is 2.25.